The van der Waals surface area contributed by atoms with Crippen molar-refractivity contribution in [2.24, 2.45) is 0 Å². The number of esters is 1. The van der Waals surface area contributed by atoms with E-state index in [-0.39, 0.29) is 73.2 Å². The number of aliphatic hydroxyl groups excluding tert-OH is 4. The van der Waals surface area contributed by atoms with E-state index in [1.165, 1.54) is 47.4 Å². The average molecular weight is 958 g/mol. The highest BCUT2D eigenvalue weighted by Crippen LogP contribution is 2.27. The molecule has 7 aromatic rings. The minimum Gasteiger partial charge on any atom is -0.464 e. The summed E-state index contributed by atoms with van der Waals surface area (Å²) in [6.45, 7) is 11.9. The second-order valence-corrected chi connectivity index (χ2v) is 16.9. The summed E-state index contributed by atoms with van der Waals surface area (Å²) < 4.78 is 7.33. The van der Waals surface area contributed by atoms with Crippen LogP contribution in [-0.2, 0) is 31.0 Å². The number of methoxy groups -OCH3 is 1. The molecule has 7 heterocycles. The Morgan fingerprint density at radius 2 is 1.15 bits per heavy atom. The third-order valence-electron chi connectivity index (χ3n) is 8.69. The highest BCUT2D eigenvalue weighted by atomic mass is 35.5. The number of rotatable bonds is 11. The van der Waals surface area contributed by atoms with Crippen molar-refractivity contribution in [3.63, 3.8) is 0 Å². The van der Waals surface area contributed by atoms with Crippen molar-refractivity contribution >= 4 is 74.0 Å². The first kappa shape index (κ1) is 53.2. The maximum atomic E-state index is 12.9. The molecule has 7 rings (SSSR count). The van der Waals surface area contributed by atoms with Crippen LogP contribution in [0.25, 0.3) is 21.5 Å². The van der Waals surface area contributed by atoms with Crippen molar-refractivity contribution in [2.45, 2.75) is 78.9 Å². The number of nitrogens with two attached hydrogens (primary N) is 2. The number of nitrogens with zero attached hydrogens (tertiary/aromatic N) is 10. The topological polar surface area (TPSA) is 342 Å². The van der Waals surface area contributed by atoms with E-state index in [2.05, 4.69) is 60.6 Å². The van der Waals surface area contributed by atoms with Crippen LogP contribution in [0.4, 0.5) is 34.9 Å². The largest absolute Gasteiger partial charge is 0.464 e. The van der Waals surface area contributed by atoms with Gasteiger partial charge in [-0.3, -0.25) is 9.59 Å². The molecule has 0 atom stereocenters. The van der Waals surface area contributed by atoms with Gasteiger partial charge in [0.2, 0.25) is 0 Å². The van der Waals surface area contributed by atoms with E-state index in [1.807, 2.05) is 47.6 Å². The Morgan fingerprint density at radius 3 is 1.62 bits per heavy atom. The number of anilines is 6. The Hall–Kier alpha value is -7.44. The second-order valence-electron chi connectivity index (χ2n) is 16.5. The molecule has 0 unspecified atom stereocenters. The van der Waals surface area contributed by atoms with E-state index in [0.29, 0.717) is 61.8 Å². The maximum absolute atomic E-state index is 12.9. The fourth-order valence-electron chi connectivity index (χ4n) is 5.87. The fraction of sp³-hybridized carbons (Fsp3) is 0.341. The van der Waals surface area contributed by atoms with Crippen LogP contribution >= 0.6 is 11.6 Å². The molecular formula is C44H56ClN15O8. The Labute approximate surface area is 395 Å². The zero-order valence-corrected chi connectivity index (χ0v) is 39.4. The van der Waals surface area contributed by atoms with Gasteiger partial charge in [0.15, 0.2) is 5.69 Å². The molecule has 0 spiro atoms. The number of carbonyl (C=O) groups is 1. The van der Waals surface area contributed by atoms with E-state index in [4.69, 9.17) is 33.3 Å². The molecule has 0 aromatic carbocycles. The number of nitrogens with one attached hydrogen (secondary N) is 3. The molecule has 68 heavy (non-hydrogen) atoms. The van der Waals surface area contributed by atoms with E-state index in [1.54, 1.807) is 36.7 Å². The molecule has 0 saturated carbocycles. The maximum Gasteiger partial charge on any atom is 0.356 e. The summed E-state index contributed by atoms with van der Waals surface area (Å²) >= 11 is 6.01. The molecule has 0 bridgehead atoms. The van der Waals surface area contributed by atoms with Crippen LogP contribution in [-0.4, -0.2) is 107 Å². The lowest BCUT2D eigenvalue weighted by molar-refractivity contribution is 0.0593. The molecule has 0 aliphatic carbocycles. The number of nitrogen functional groups attached to an aromatic ring is 2. The van der Waals surface area contributed by atoms with Crippen molar-refractivity contribution < 1.29 is 30.0 Å². The van der Waals surface area contributed by atoms with Crippen molar-refractivity contribution in [3.05, 3.63) is 117 Å². The first-order valence-electron chi connectivity index (χ1n) is 20.7. The Morgan fingerprint density at radius 1 is 0.662 bits per heavy atom. The predicted molar refractivity (Wildman–Crippen MR) is 259 cm³/mol. The zero-order chi connectivity index (χ0) is 50.2. The SMILES string of the molecule is CC(C)(C)Nc1nc(Cl)cc2ccn(CCO)c(=O)c12.CC(C)(C)Nc1nc(Nc2cc(CO)ncn2)cc2ccn(CCO)c(=O)c12.COC(=O)c1cc(N)ncn1.Nc1cc(CO)ncn1. The van der Waals surface area contributed by atoms with Crippen LogP contribution in [0.5, 0.6) is 0 Å². The highest BCUT2D eigenvalue weighted by Gasteiger charge is 2.19. The minimum absolute atomic E-state index is 0.0888. The van der Waals surface area contributed by atoms with Crippen LogP contribution < -0.4 is 38.5 Å². The van der Waals surface area contributed by atoms with Crippen molar-refractivity contribution in [2.75, 3.05) is 47.7 Å². The summed E-state index contributed by atoms with van der Waals surface area (Å²) in [7, 11) is 1.28. The van der Waals surface area contributed by atoms with Gasteiger partial charge in [-0.25, -0.2) is 44.7 Å². The van der Waals surface area contributed by atoms with Crippen LogP contribution in [0.15, 0.2) is 83.4 Å². The van der Waals surface area contributed by atoms with Crippen molar-refractivity contribution in [1.82, 2.24) is 49.0 Å². The molecule has 7 aromatic heterocycles. The minimum atomic E-state index is -0.515. The van der Waals surface area contributed by atoms with E-state index in [9.17, 15) is 24.6 Å². The first-order chi connectivity index (χ1) is 32.2. The summed E-state index contributed by atoms with van der Waals surface area (Å²) in [5.41, 5.74) is 10.8. The Balaban J connectivity index is 0.000000218. The monoisotopic (exact) mass is 957 g/mol. The van der Waals surface area contributed by atoms with E-state index < -0.39 is 5.97 Å². The van der Waals surface area contributed by atoms with Gasteiger partial charge in [-0.15, -0.1) is 0 Å². The average Bonchev–Trinajstić information content (AvgIpc) is 3.27. The summed E-state index contributed by atoms with van der Waals surface area (Å²) in [6, 6.07) is 11.5. The number of fused-ring (bicyclic) bond motifs is 2. The highest BCUT2D eigenvalue weighted by molar-refractivity contribution is 6.30. The number of hydrogen-bond donors (Lipinski definition) is 9. The molecule has 24 heteroatoms. The zero-order valence-electron chi connectivity index (χ0n) is 38.6. The summed E-state index contributed by atoms with van der Waals surface area (Å²) in [6.07, 6.45) is 7.19. The van der Waals surface area contributed by atoms with E-state index in [0.717, 1.165) is 5.39 Å². The van der Waals surface area contributed by atoms with Crippen molar-refractivity contribution in [1.29, 1.82) is 0 Å². The van der Waals surface area contributed by atoms with Gasteiger partial charge in [0.1, 0.15) is 59.0 Å². The third kappa shape index (κ3) is 15.9. The molecular weight excluding hydrogens is 902 g/mol. The van der Waals surface area contributed by atoms with Gasteiger partial charge >= 0.3 is 5.97 Å². The molecule has 0 saturated heterocycles. The number of halogens is 1. The van der Waals surface area contributed by atoms with Gasteiger partial charge in [0.25, 0.3) is 11.1 Å². The lowest BCUT2D eigenvalue weighted by Crippen LogP contribution is -2.29. The van der Waals surface area contributed by atoms with Crippen LogP contribution in [0.2, 0.25) is 5.15 Å². The van der Waals surface area contributed by atoms with E-state index >= 15 is 0 Å². The predicted octanol–water partition coefficient (Wildman–Crippen LogP) is 3.27. The molecule has 362 valence electrons. The third-order valence-corrected chi connectivity index (χ3v) is 8.88. The number of aliphatic hydroxyl groups is 4. The van der Waals surface area contributed by atoms with Crippen LogP contribution in [0.3, 0.4) is 0 Å². The molecule has 0 fully saturated rings. The second kappa shape index (κ2) is 24.4. The Kier molecular flexibility index (Phi) is 19.1. The molecule has 23 nitrogen and oxygen atoms in total. The Bertz CT molecular complexity index is 2920. The van der Waals surface area contributed by atoms with Gasteiger partial charge in [0.05, 0.1) is 55.7 Å². The normalized spacial score (nSPS) is 11.0. The van der Waals surface area contributed by atoms with Gasteiger partial charge in [-0.1, -0.05) is 11.6 Å². The number of pyridine rings is 4. The standard InChI is InChI=1S/C19H24N6O3.C14H18ClN3O2.C6H7N3O2.C5H7N3O/c1-19(2,3)24-17-16-12(4-5-25(6-7-26)18(16)28)8-15(23-17)22-14-9-13(10-27)20-11-21-14;1-14(2,3)17-12-11-9(8-10(15)16-12)4-5-18(6-7-19)13(11)20;1-11-6(10)4-2-5(7)9-3-8-4;6-5-1-4(2-9)7-3-8-5/h4-5,8-9,11,26-27H,6-7,10H2,1-3H3,(H2,20,21,22,23,24);4-5,8,19H,6-7H2,1-3H3,(H,16,17);2-3H,1H3,(H2,7,8,9);1,3,9H,2H2,(H2,6,7,8). The summed E-state index contributed by atoms with van der Waals surface area (Å²) in [5.74, 6) is 2.02. The van der Waals surface area contributed by atoms with Crippen LogP contribution in [0, 0.1) is 0 Å². The number of aromatic nitrogens is 10. The van der Waals surface area contributed by atoms with Gasteiger partial charge in [-0.2, -0.15) is 0 Å². The lowest BCUT2D eigenvalue weighted by Gasteiger charge is -2.23. The van der Waals surface area contributed by atoms with Gasteiger partial charge in [0, 0.05) is 54.8 Å². The van der Waals surface area contributed by atoms with Crippen molar-refractivity contribution in [3.8, 4) is 0 Å². The molecule has 0 amide bonds. The molecule has 0 aliphatic rings. The lowest BCUT2D eigenvalue weighted by atomic mass is 10.1. The fourth-order valence-corrected chi connectivity index (χ4v) is 6.07. The number of ether oxygens (including phenoxy) is 1. The molecule has 0 aliphatic heterocycles. The number of hydrogen-bond acceptors (Lipinski definition) is 21. The molecule has 0 radical (unpaired) electrons. The van der Waals surface area contributed by atoms with Gasteiger partial charge in [-0.05, 0) is 76.6 Å². The smallest absolute Gasteiger partial charge is 0.356 e. The quantitative estimate of drug-likeness (QED) is 0.0663. The summed E-state index contributed by atoms with van der Waals surface area (Å²) in [4.78, 5) is 67.7. The number of carbonyl (C=O) groups excluding carboxylic acids is 1. The first-order valence-corrected chi connectivity index (χ1v) is 21.1. The molecule has 11 N–H and O–H groups in total. The van der Waals surface area contributed by atoms with Gasteiger partial charge < -0.3 is 61.7 Å². The summed E-state index contributed by atoms with van der Waals surface area (Å²) in [5, 5.41) is 48.3. The van der Waals surface area contributed by atoms with Crippen LogP contribution in [0.1, 0.15) is 63.4 Å².